The third kappa shape index (κ3) is 4.43. The van der Waals surface area contributed by atoms with Gasteiger partial charge in [-0.2, -0.15) is 13.2 Å². The van der Waals surface area contributed by atoms with E-state index in [4.69, 9.17) is 11.6 Å². The number of aryl methyl sites for hydroxylation is 2. The van der Waals surface area contributed by atoms with Crippen LogP contribution < -0.4 is 5.48 Å². The summed E-state index contributed by atoms with van der Waals surface area (Å²) in [5.41, 5.74) is -2.27. The molecule has 0 aliphatic carbocycles. The SMILES string of the molecule is Cc1ccc(C(=Nc2c([N+](=O)[O-])cc(C(F)(F)F)c(Cl)c2[N+](=O)[O-])NO)c(C)c1. The van der Waals surface area contributed by atoms with E-state index in [1.54, 1.807) is 31.5 Å². The number of hydrogen-bond acceptors (Lipinski definition) is 6. The predicted octanol–water partition coefficient (Wildman–Crippen LogP) is 4.85. The number of amidine groups is 1. The van der Waals surface area contributed by atoms with Crippen molar-refractivity contribution >= 4 is 34.5 Å². The first kappa shape index (κ1) is 22.0. The molecule has 13 heteroatoms. The Bertz CT molecular complexity index is 1040. The van der Waals surface area contributed by atoms with Crippen LogP contribution in [0, 0.1) is 34.1 Å². The average Bonchev–Trinajstić information content (AvgIpc) is 2.58. The van der Waals surface area contributed by atoms with Crippen molar-refractivity contribution in [3.63, 3.8) is 0 Å². The fraction of sp³-hybridized carbons (Fsp3) is 0.188. The minimum Gasteiger partial charge on any atom is -0.290 e. The Kier molecular flexibility index (Phi) is 6.09. The maximum Gasteiger partial charge on any atom is 0.418 e. The maximum absolute atomic E-state index is 13.1. The fourth-order valence-electron chi connectivity index (χ4n) is 2.58. The normalized spacial score (nSPS) is 12.0. The summed E-state index contributed by atoms with van der Waals surface area (Å²) < 4.78 is 39.4. The highest BCUT2D eigenvalue weighted by Crippen LogP contribution is 2.48. The zero-order valence-corrected chi connectivity index (χ0v) is 15.5. The first-order valence-corrected chi connectivity index (χ1v) is 8.05. The molecule has 0 amide bonds. The molecule has 0 fully saturated rings. The lowest BCUT2D eigenvalue weighted by molar-refractivity contribution is -0.392. The van der Waals surface area contributed by atoms with Gasteiger partial charge >= 0.3 is 17.6 Å². The van der Waals surface area contributed by atoms with Crippen LogP contribution in [0.2, 0.25) is 5.02 Å². The molecule has 0 saturated carbocycles. The third-order valence-corrected chi connectivity index (χ3v) is 4.23. The molecule has 0 aromatic heterocycles. The minimum atomic E-state index is -5.18. The summed E-state index contributed by atoms with van der Waals surface area (Å²) in [4.78, 5) is 23.8. The largest absolute Gasteiger partial charge is 0.418 e. The van der Waals surface area contributed by atoms with Gasteiger partial charge in [-0.15, -0.1) is 0 Å². The lowest BCUT2D eigenvalue weighted by Crippen LogP contribution is -2.21. The molecule has 9 nitrogen and oxygen atoms in total. The molecule has 0 aliphatic heterocycles. The van der Waals surface area contributed by atoms with Crippen molar-refractivity contribution in [2.45, 2.75) is 20.0 Å². The molecule has 0 unspecified atom stereocenters. The van der Waals surface area contributed by atoms with Gasteiger partial charge in [0.2, 0.25) is 5.69 Å². The lowest BCUT2D eigenvalue weighted by atomic mass is 10.0. The summed E-state index contributed by atoms with van der Waals surface area (Å²) >= 11 is 5.56. The Morgan fingerprint density at radius 1 is 1.17 bits per heavy atom. The molecule has 0 heterocycles. The number of halogens is 4. The van der Waals surface area contributed by atoms with Crippen molar-refractivity contribution < 1.29 is 28.2 Å². The Hall–Kier alpha value is -3.25. The van der Waals surface area contributed by atoms with E-state index in [-0.39, 0.29) is 11.6 Å². The molecule has 0 radical (unpaired) electrons. The molecule has 0 saturated heterocycles. The van der Waals surface area contributed by atoms with Gasteiger partial charge in [0.25, 0.3) is 0 Å². The number of nitro groups is 2. The molecule has 0 aliphatic rings. The van der Waals surface area contributed by atoms with Gasteiger partial charge in [0, 0.05) is 11.6 Å². The van der Waals surface area contributed by atoms with E-state index < -0.39 is 49.5 Å². The Morgan fingerprint density at radius 3 is 2.24 bits per heavy atom. The number of nitro benzene ring substituents is 2. The van der Waals surface area contributed by atoms with Gasteiger partial charge in [0.05, 0.1) is 15.4 Å². The Balaban J connectivity index is 2.92. The molecule has 0 atom stereocenters. The van der Waals surface area contributed by atoms with Crippen LogP contribution in [0.4, 0.5) is 30.2 Å². The zero-order valence-electron chi connectivity index (χ0n) is 14.7. The van der Waals surface area contributed by atoms with E-state index in [1.807, 2.05) is 0 Å². The molecule has 2 aromatic rings. The van der Waals surface area contributed by atoms with Gasteiger partial charge < -0.3 is 0 Å². The molecule has 2 N–H and O–H groups in total. The molecular formula is C16H12ClF3N4O5. The van der Waals surface area contributed by atoms with E-state index in [1.165, 1.54) is 6.07 Å². The molecule has 2 rings (SSSR count). The van der Waals surface area contributed by atoms with Crippen molar-refractivity contribution in [3.05, 3.63) is 71.8 Å². The monoisotopic (exact) mass is 432 g/mol. The maximum atomic E-state index is 13.1. The van der Waals surface area contributed by atoms with Gasteiger partial charge in [-0.25, -0.2) is 4.99 Å². The average molecular weight is 433 g/mol. The summed E-state index contributed by atoms with van der Waals surface area (Å²) in [6.07, 6.45) is -5.18. The molecule has 154 valence electrons. The first-order chi connectivity index (χ1) is 13.4. The van der Waals surface area contributed by atoms with Gasteiger partial charge in [0.15, 0.2) is 5.84 Å². The van der Waals surface area contributed by atoms with Crippen LogP contribution in [-0.2, 0) is 6.18 Å². The predicted molar refractivity (Wildman–Crippen MR) is 96.8 cm³/mol. The highest BCUT2D eigenvalue weighted by Gasteiger charge is 2.42. The van der Waals surface area contributed by atoms with Gasteiger partial charge in [-0.3, -0.25) is 30.9 Å². The van der Waals surface area contributed by atoms with Crippen LogP contribution in [0.25, 0.3) is 0 Å². The van der Waals surface area contributed by atoms with Crippen LogP contribution in [0.5, 0.6) is 0 Å². The number of nitrogens with one attached hydrogen (secondary N) is 1. The fourth-order valence-corrected chi connectivity index (χ4v) is 2.90. The third-order valence-electron chi connectivity index (χ3n) is 3.84. The summed E-state index contributed by atoms with van der Waals surface area (Å²) in [6, 6.07) is 4.81. The quantitative estimate of drug-likeness (QED) is 0.307. The van der Waals surface area contributed by atoms with E-state index in [2.05, 4.69) is 4.99 Å². The number of hydrogen-bond donors (Lipinski definition) is 2. The molecule has 0 bridgehead atoms. The Morgan fingerprint density at radius 2 is 1.79 bits per heavy atom. The highest BCUT2D eigenvalue weighted by molar-refractivity contribution is 6.34. The smallest absolute Gasteiger partial charge is 0.290 e. The Labute approximate surface area is 165 Å². The molecular weight excluding hydrogens is 421 g/mol. The number of benzene rings is 2. The van der Waals surface area contributed by atoms with Gasteiger partial charge in [-0.1, -0.05) is 35.4 Å². The first-order valence-electron chi connectivity index (χ1n) is 7.67. The highest BCUT2D eigenvalue weighted by atomic mass is 35.5. The van der Waals surface area contributed by atoms with Crippen molar-refractivity contribution in [1.29, 1.82) is 0 Å². The second kappa shape index (κ2) is 8.01. The van der Waals surface area contributed by atoms with E-state index in [9.17, 15) is 38.6 Å². The van der Waals surface area contributed by atoms with Gasteiger partial charge in [0.1, 0.15) is 5.02 Å². The minimum absolute atomic E-state index is 0.0607. The van der Waals surface area contributed by atoms with E-state index in [0.29, 0.717) is 5.56 Å². The number of aliphatic imine (C=N–C) groups is 1. The van der Waals surface area contributed by atoms with E-state index >= 15 is 0 Å². The standard InChI is InChI=1S/C16H12ClF3N4O5/c1-7-3-4-9(8(2)5-7)15(22-25)21-13-11(23(26)27)6-10(16(18,19)20)12(17)14(13)24(28)29/h3-6,25H,1-2H3,(H,21,22). The zero-order chi connectivity index (χ0) is 22.1. The van der Waals surface area contributed by atoms with Crippen LogP contribution in [0.1, 0.15) is 22.3 Å². The molecule has 0 spiro atoms. The van der Waals surface area contributed by atoms with Crippen molar-refractivity contribution in [2.75, 3.05) is 0 Å². The number of rotatable bonds is 4. The topological polar surface area (TPSA) is 131 Å². The van der Waals surface area contributed by atoms with Crippen LogP contribution in [-0.4, -0.2) is 20.9 Å². The summed E-state index contributed by atoms with van der Waals surface area (Å²) in [5.74, 6) is -0.454. The van der Waals surface area contributed by atoms with Crippen LogP contribution in [0.15, 0.2) is 29.3 Å². The summed E-state index contributed by atoms with van der Waals surface area (Å²) in [5, 5.41) is 30.8. The number of nitrogens with zero attached hydrogens (tertiary/aromatic N) is 3. The van der Waals surface area contributed by atoms with Crippen molar-refractivity contribution in [2.24, 2.45) is 4.99 Å². The van der Waals surface area contributed by atoms with E-state index in [0.717, 1.165) is 5.56 Å². The molecule has 2 aromatic carbocycles. The van der Waals surface area contributed by atoms with Gasteiger partial charge in [-0.05, 0) is 19.4 Å². The van der Waals surface area contributed by atoms with Crippen molar-refractivity contribution in [3.8, 4) is 0 Å². The summed E-state index contributed by atoms with van der Waals surface area (Å²) in [6.45, 7) is 3.38. The molecule has 29 heavy (non-hydrogen) atoms. The summed E-state index contributed by atoms with van der Waals surface area (Å²) in [7, 11) is 0. The van der Waals surface area contributed by atoms with Crippen LogP contribution in [0.3, 0.4) is 0 Å². The van der Waals surface area contributed by atoms with Crippen molar-refractivity contribution in [1.82, 2.24) is 5.48 Å². The lowest BCUT2D eigenvalue weighted by Gasteiger charge is -2.12. The second-order valence-electron chi connectivity index (χ2n) is 5.86. The van der Waals surface area contributed by atoms with Crippen LogP contribution >= 0.6 is 11.6 Å². The second-order valence-corrected chi connectivity index (χ2v) is 6.23. The number of hydroxylamine groups is 1. The number of alkyl halides is 3.